The Bertz CT molecular complexity index is 194. The van der Waals surface area contributed by atoms with Crippen molar-refractivity contribution in [2.45, 2.75) is 53.4 Å². The zero-order valence-corrected chi connectivity index (χ0v) is 11.6. The van der Waals surface area contributed by atoms with Crippen LogP contribution in [0, 0.1) is 23.7 Å². The predicted octanol–water partition coefficient (Wildman–Crippen LogP) is 3.67. The number of carbonyl (C=O) groups excluding carboxylic acids is 1. The minimum absolute atomic E-state index is 0.887. The van der Waals surface area contributed by atoms with E-state index < -0.39 is 5.43 Å². The van der Waals surface area contributed by atoms with Gasteiger partial charge < -0.3 is 9.90 Å². The summed E-state index contributed by atoms with van der Waals surface area (Å²) in [5, 5.41) is 8.65. The molecular formula is C13H24ClO2-. The van der Waals surface area contributed by atoms with Gasteiger partial charge in [0.25, 0.3) is 0 Å². The van der Waals surface area contributed by atoms with Gasteiger partial charge >= 0.3 is 0 Å². The highest BCUT2D eigenvalue weighted by atomic mass is 35.5. The second kappa shape index (κ2) is 7.94. The Morgan fingerprint density at radius 2 is 1.81 bits per heavy atom. The fraction of sp³-hybridized carbons (Fsp3) is 0.923. The second-order valence-corrected chi connectivity index (χ2v) is 5.96. The Kier molecular flexibility index (Phi) is 7.82. The highest BCUT2D eigenvalue weighted by Crippen LogP contribution is 2.38. The van der Waals surface area contributed by atoms with Gasteiger partial charge in [-0.05, 0) is 49.4 Å². The van der Waals surface area contributed by atoms with Gasteiger partial charge in [0.1, 0.15) is 5.43 Å². The maximum absolute atomic E-state index is 8.65. The van der Waals surface area contributed by atoms with Crippen molar-refractivity contribution < 1.29 is 9.90 Å². The van der Waals surface area contributed by atoms with Crippen LogP contribution in [0.1, 0.15) is 53.4 Å². The summed E-state index contributed by atoms with van der Waals surface area (Å²) in [5.74, 6) is 3.95. The minimum Gasteiger partial charge on any atom is -0.534 e. The molecule has 1 atom stereocenters. The van der Waals surface area contributed by atoms with E-state index >= 15 is 0 Å². The molecule has 0 amide bonds. The Hall–Kier alpha value is -0.240. The van der Waals surface area contributed by atoms with Crippen LogP contribution in [0.25, 0.3) is 0 Å². The average molecular weight is 248 g/mol. The van der Waals surface area contributed by atoms with Crippen LogP contribution in [0.2, 0.25) is 0 Å². The van der Waals surface area contributed by atoms with E-state index in [1.54, 1.807) is 0 Å². The topological polar surface area (TPSA) is 40.1 Å². The first kappa shape index (κ1) is 15.8. The molecule has 0 N–H and O–H groups in total. The number of rotatable bonds is 4. The normalized spacial score (nSPS) is 25.4. The summed E-state index contributed by atoms with van der Waals surface area (Å²) in [6.07, 6.45) is 5.91. The Balaban J connectivity index is 0.000000487. The molecule has 0 spiro atoms. The molecule has 2 nitrogen and oxygen atoms in total. The van der Waals surface area contributed by atoms with E-state index in [1.165, 1.54) is 25.7 Å². The molecule has 0 heterocycles. The van der Waals surface area contributed by atoms with Crippen molar-refractivity contribution in [3.63, 3.8) is 0 Å². The molecule has 0 aromatic carbocycles. The molecule has 16 heavy (non-hydrogen) atoms. The maximum atomic E-state index is 8.65. The van der Waals surface area contributed by atoms with Gasteiger partial charge in [0.15, 0.2) is 0 Å². The van der Waals surface area contributed by atoms with Crippen molar-refractivity contribution in [2.75, 3.05) is 0 Å². The molecule has 0 saturated heterocycles. The van der Waals surface area contributed by atoms with Crippen molar-refractivity contribution >= 4 is 17.0 Å². The van der Waals surface area contributed by atoms with Crippen molar-refractivity contribution in [3.05, 3.63) is 0 Å². The summed E-state index contributed by atoms with van der Waals surface area (Å²) in [6.45, 7) is 9.46. The van der Waals surface area contributed by atoms with E-state index in [4.69, 9.17) is 9.90 Å². The Morgan fingerprint density at radius 3 is 2.12 bits per heavy atom. The smallest absolute Gasteiger partial charge is 0.134 e. The summed E-state index contributed by atoms with van der Waals surface area (Å²) in [4.78, 5) is 8.65. The maximum Gasteiger partial charge on any atom is 0.134 e. The fourth-order valence-corrected chi connectivity index (χ4v) is 2.73. The van der Waals surface area contributed by atoms with Gasteiger partial charge in [0.05, 0.1) is 0 Å². The molecular weight excluding hydrogens is 224 g/mol. The Labute approximate surface area is 104 Å². The lowest BCUT2D eigenvalue weighted by Crippen LogP contribution is -2.23. The van der Waals surface area contributed by atoms with E-state index in [9.17, 15) is 0 Å². The molecule has 0 bridgehead atoms. The second-order valence-electron chi connectivity index (χ2n) is 5.65. The van der Waals surface area contributed by atoms with Gasteiger partial charge in [-0.3, -0.25) is 0 Å². The number of halogens is 1. The molecule has 0 radical (unpaired) electrons. The predicted molar refractivity (Wildman–Crippen MR) is 66.4 cm³/mol. The zero-order valence-electron chi connectivity index (χ0n) is 10.8. The lowest BCUT2D eigenvalue weighted by Gasteiger charge is -2.34. The first-order valence-electron chi connectivity index (χ1n) is 6.17. The molecule has 0 aliphatic heterocycles. The fourth-order valence-electron chi connectivity index (χ4n) is 2.73. The van der Waals surface area contributed by atoms with Crippen LogP contribution in [0.15, 0.2) is 0 Å². The number of hydrogen-bond donors (Lipinski definition) is 0. The molecule has 1 fully saturated rings. The molecule has 1 aliphatic carbocycles. The van der Waals surface area contributed by atoms with Gasteiger partial charge in [0, 0.05) is 0 Å². The van der Waals surface area contributed by atoms with E-state index in [0.717, 1.165) is 23.7 Å². The standard InChI is InChI=1S/C12H24.CHClO2/c1-9(2)5-10(3)6-12-7-11(4)8-12;2-1(3)4/h9-12H,5-8H2,1-4H3;(H,3,4)/p-1. The summed E-state index contributed by atoms with van der Waals surface area (Å²) >= 11 is 4.08. The van der Waals surface area contributed by atoms with Crippen LogP contribution < -0.4 is 5.11 Å². The van der Waals surface area contributed by atoms with Crippen molar-refractivity contribution in [1.82, 2.24) is 0 Å². The molecule has 0 aromatic heterocycles. The highest BCUT2D eigenvalue weighted by molar-refractivity contribution is 6.59. The van der Waals surface area contributed by atoms with E-state index in [-0.39, 0.29) is 0 Å². The average Bonchev–Trinajstić information content (AvgIpc) is 1.98. The van der Waals surface area contributed by atoms with Crippen LogP contribution >= 0.6 is 11.6 Å². The van der Waals surface area contributed by atoms with E-state index in [2.05, 4.69) is 39.3 Å². The highest BCUT2D eigenvalue weighted by Gasteiger charge is 2.26. The molecule has 96 valence electrons. The van der Waals surface area contributed by atoms with Crippen LogP contribution in [-0.4, -0.2) is 5.43 Å². The van der Waals surface area contributed by atoms with Gasteiger partial charge in [-0.1, -0.05) is 39.3 Å². The summed E-state index contributed by atoms with van der Waals surface area (Å²) < 4.78 is 0. The first-order chi connectivity index (χ1) is 7.31. The summed E-state index contributed by atoms with van der Waals surface area (Å²) in [7, 11) is 0. The summed E-state index contributed by atoms with van der Waals surface area (Å²) in [6, 6.07) is 0. The molecule has 3 heteroatoms. The molecule has 1 aliphatic rings. The lowest BCUT2D eigenvalue weighted by atomic mass is 9.71. The van der Waals surface area contributed by atoms with E-state index in [1.807, 2.05) is 0 Å². The van der Waals surface area contributed by atoms with Crippen molar-refractivity contribution in [3.8, 4) is 0 Å². The van der Waals surface area contributed by atoms with Gasteiger partial charge in [-0.2, -0.15) is 0 Å². The van der Waals surface area contributed by atoms with Crippen molar-refractivity contribution in [2.24, 2.45) is 23.7 Å². The zero-order chi connectivity index (χ0) is 12.7. The molecule has 0 aromatic rings. The summed E-state index contributed by atoms with van der Waals surface area (Å²) in [5.41, 5.74) is -1.61. The number of hydrogen-bond acceptors (Lipinski definition) is 2. The molecule has 1 rings (SSSR count). The lowest BCUT2D eigenvalue weighted by molar-refractivity contribution is -0.233. The first-order valence-corrected chi connectivity index (χ1v) is 6.55. The Morgan fingerprint density at radius 1 is 1.38 bits per heavy atom. The van der Waals surface area contributed by atoms with E-state index in [0.29, 0.717) is 0 Å². The monoisotopic (exact) mass is 247 g/mol. The SMILES string of the molecule is CC(C)CC(C)CC1CC(C)C1.O=C([O-])Cl. The van der Waals surface area contributed by atoms with Crippen LogP contribution in [0.5, 0.6) is 0 Å². The van der Waals surface area contributed by atoms with Crippen LogP contribution in [-0.2, 0) is 0 Å². The molecule has 1 saturated carbocycles. The van der Waals surface area contributed by atoms with Gasteiger partial charge in [-0.15, -0.1) is 0 Å². The number of carbonyl (C=O) groups is 1. The number of carboxylic acid groups (broad SMARTS) is 1. The van der Waals surface area contributed by atoms with Gasteiger partial charge in [-0.25, -0.2) is 0 Å². The third-order valence-corrected chi connectivity index (χ3v) is 3.08. The largest absolute Gasteiger partial charge is 0.534 e. The molecule has 1 unspecified atom stereocenters. The van der Waals surface area contributed by atoms with Crippen LogP contribution in [0.4, 0.5) is 4.79 Å². The van der Waals surface area contributed by atoms with Gasteiger partial charge in [0.2, 0.25) is 0 Å². The minimum atomic E-state index is -1.61. The van der Waals surface area contributed by atoms with Crippen molar-refractivity contribution in [1.29, 1.82) is 0 Å². The quantitative estimate of drug-likeness (QED) is 0.711. The third kappa shape index (κ3) is 9.02. The third-order valence-electron chi connectivity index (χ3n) is 3.08. The van der Waals surface area contributed by atoms with Crippen LogP contribution in [0.3, 0.4) is 0 Å².